The van der Waals surface area contributed by atoms with Crippen molar-refractivity contribution in [3.63, 3.8) is 0 Å². The summed E-state index contributed by atoms with van der Waals surface area (Å²) in [6, 6.07) is 4.07. The van der Waals surface area contributed by atoms with E-state index in [1.54, 1.807) is 11.3 Å². The molecule has 0 amide bonds. The molecule has 0 saturated carbocycles. The van der Waals surface area contributed by atoms with E-state index < -0.39 is 0 Å². The van der Waals surface area contributed by atoms with Crippen LogP contribution in [0.15, 0.2) is 24.5 Å². The van der Waals surface area contributed by atoms with Crippen molar-refractivity contribution >= 4 is 11.3 Å². The number of hydrogen-bond donors (Lipinski definition) is 1. The summed E-state index contributed by atoms with van der Waals surface area (Å²) in [5.41, 5.74) is 0. The molecule has 2 aromatic heterocycles. The number of imidazole rings is 1. The molecule has 0 aliphatic carbocycles. The summed E-state index contributed by atoms with van der Waals surface area (Å²) in [7, 11) is 0. The van der Waals surface area contributed by atoms with E-state index in [-0.39, 0.29) is 6.61 Å². The first-order valence-electron chi connectivity index (χ1n) is 5.52. The van der Waals surface area contributed by atoms with Crippen LogP contribution in [0.25, 0.3) is 0 Å². The van der Waals surface area contributed by atoms with E-state index in [0.717, 1.165) is 23.7 Å². The first-order chi connectivity index (χ1) is 8.33. The fraction of sp³-hybridized carbons (Fsp3) is 0.308. The molecule has 2 rings (SSSR count). The predicted octanol–water partition coefficient (Wildman–Crippen LogP) is 1.90. The number of aliphatic hydroxyl groups excluding tert-OH is 1. The van der Waals surface area contributed by atoms with Crippen LogP contribution in [0.1, 0.15) is 22.5 Å². The van der Waals surface area contributed by atoms with Crippen LogP contribution in [-0.4, -0.2) is 21.3 Å². The molecular formula is C13H14N2OS. The van der Waals surface area contributed by atoms with Gasteiger partial charge in [-0.25, -0.2) is 4.98 Å². The second-order valence-electron chi connectivity index (χ2n) is 3.55. The third-order valence-corrected chi connectivity index (χ3v) is 3.38. The minimum absolute atomic E-state index is 0.0886. The Hall–Kier alpha value is -1.57. The van der Waals surface area contributed by atoms with E-state index in [4.69, 9.17) is 5.11 Å². The van der Waals surface area contributed by atoms with E-state index in [9.17, 15) is 0 Å². The third-order valence-electron chi connectivity index (χ3n) is 2.40. The summed E-state index contributed by atoms with van der Waals surface area (Å²) in [5.74, 6) is 6.67. The zero-order valence-electron chi connectivity index (χ0n) is 9.68. The Morgan fingerprint density at radius 1 is 1.47 bits per heavy atom. The fourth-order valence-corrected chi connectivity index (χ4v) is 2.50. The second kappa shape index (κ2) is 5.67. The van der Waals surface area contributed by atoms with Gasteiger partial charge in [0.25, 0.3) is 0 Å². The van der Waals surface area contributed by atoms with E-state index >= 15 is 0 Å². The Bertz CT molecular complexity index is 545. The lowest BCUT2D eigenvalue weighted by molar-refractivity contribution is 0.350. The molecule has 88 valence electrons. The zero-order chi connectivity index (χ0) is 12.1. The van der Waals surface area contributed by atoms with Gasteiger partial charge in [0.15, 0.2) is 0 Å². The van der Waals surface area contributed by atoms with E-state index in [0.29, 0.717) is 0 Å². The smallest absolute Gasteiger partial charge is 0.108 e. The Kier molecular flexibility index (Phi) is 3.97. The molecule has 0 unspecified atom stereocenters. The van der Waals surface area contributed by atoms with Crippen LogP contribution in [-0.2, 0) is 13.0 Å². The first kappa shape index (κ1) is 11.9. The molecule has 2 aromatic rings. The highest BCUT2D eigenvalue weighted by atomic mass is 32.1. The van der Waals surface area contributed by atoms with Gasteiger partial charge in [0, 0.05) is 23.7 Å². The molecule has 0 radical (unpaired) electrons. The minimum Gasteiger partial charge on any atom is -0.384 e. The number of hydrogen-bond acceptors (Lipinski definition) is 3. The maximum atomic E-state index is 8.63. The molecule has 2 heterocycles. The Balaban J connectivity index is 2.11. The van der Waals surface area contributed by atoms with Gasteiger partial charge in [-0.15, -0.1) is 11.3 Å². The van der Waals surface area contributed by atoms with Crippen molar-refractivity contribution in [3.05, 3.63) is 40.1 Å². The van der Waals surface area contributed by atoms with Gasteiger partial charge in [-0.2, -0.15) is 0 Å². The summed E-state index contributed by atoms with van der Waals surface area (Å²) in [5, 5.41) is 8.63. The lowest BCUT2D eigenvalue weighted by atomic mass is 10.4. The molecule has 0 saturated heterocycles. The quantitative estimate of drug-likeness (QED) is 0.840. The van der Waals surface area contributed by atoms with Crippen LogP contribution in [0.5, 0.6) is 0 Å². The first-order valence-corrected chi connectivity index (χ1v) is 6.33. The van der Waals surface area contributed by atoms with Gasteiger partial charge in [-0.05, 0) is 12.1 Å². The fourth-order valence-electron chi connectivity index (χ4n) is 1.62. The van der Waals surface area contributed by atoms with Crippen LogP contribution in [0.4, 0.5) is 0 Å². The van der Waals surface area contributed by atoms with E-state index in [1.165, 1.54) is 4.88 Å². The molecule has 0 bridgehead atoms. The lowest BCUT2D eigenvalue weighted by Crippen LogP contribution is -2.01. The van der Waals surface area contributed by atoms with Gasteiger partial charge in [0.1, 0.15) is 12.4 Å². The van der Waals surface area contributed by atoms with Crippen molar-refractivity contribution in [3.8, 4) is 11.8 Å². The van der Waals surface area contributed by atoms with Crippen molar-refractivity contribution < 1.29 is 5.11 Å². The van der Waals surface area contributed by atoms with Gasteiger partial charge in [-0.1, -0.05) is 18.8 Å². The maximum absolute atomic E-state index is 8.63. The summed E-state index contributed by atoms with van der Waals surface area (Å²) in [6.45, 7) is 2.86. The largest absolute Gasteiger partial charge is 0.384 e. The summed E-state index contributed by atoms with van der Waals surface area (Å²) >= 11 is 1.66. The lowest BCUT2D eigenvalue weighted by Gasteiger charge is -2.03. The molecule has 4 heteroatoms. The molecule has 0 aliphatic heterocycles. The third kappa shape index (κ3) is 2.96. The number of aliphatic hydroxyl groups is 1. The molecule has 0 aromatic carbocycles. The topological polar surface area (TPSA) is 38.0 Å². The normalized spacial score (nSPS) is 10.0. The molecule has 0 spiro atoms. The van der Waals surface area contributed by atoms with Gasteiger partial charge in [-0.3, -0.25) is 0 Å². The Morgan fingerprint density at radius 3 is 3.12 bits per heavy atom. The van der Waals surface area contributed by atoms with Crippen LogP contribution in [0, 0.1) is 11.8 Å². The van der Waals surface area contributed by atoms with Gasteiger partial charge < -0.3 is 9.67 Å². The average molecular weight is 246 g/mol. The predicted molar refractivity (Wildman–Crippen MR) is 69.0 cm³/mol. The van der Waals surface area contributed by atoms with Gasteiger partial charge >= 0.3 is 0 Å². The molecule has 17 heavy (non-hydrogen) atoms. The van der Waals surface area contributed by atoms with Crippen LogP contribution in [0.3, 0.4) is 0 Å². The number of aromatic nitrogens is 2. The molecular weight excluding hydrogens is 232 g/mol. The summed E-state index contributed by atoms with van der Waals surface area (Å²) in [6.07, 6.45) is 4.77. The molecule has 0 fully saturated rings. The number of nitrogens with zero attached hydrogens (tertiary/aromatic N) is 2. The Morgan fingerprint density at radius 2 is 2.35 bits per heavy atom. The molecule has 1 N–H and O–H groups in total. The van der Waals surface area contributed by atoms with Crippen LogP contribution >= 0.6 is 11.3 Å². The van der Waals surface area contributed by atoms with E-state index in [2.05, 4.69) is 34.4 Å². The van der Waals surface area contributed by atoms with Crippen molar-refractivity contribution in [2.24, 2.45) is 0 Å². The molecule has 0 aliphatic rings. The van der Waals surface area contributed by atoms with Gasteiger partial charge in [0.2, 0.25) is 0 Å². The number of thiophene rings is 1. The minimum atomic E-state index is -0.0886. The monoisotopic (exact) mass is 246 g/mol. The van der Waals surface area contributed by atoms with Crippen molar-refractivity contribution in [2.75, 3.05) is 6.61 Å². The highest BCUT2D eigenvalue weighted by molar-refractivity contribution is 7.12. The Labute approximate surface area is 105 Å². The zero-order valence-corrected chi connectivity index (χ0v) is 10.5. The summed E-state index contributed by atoms with van der Waals surface area (Å²) in [4.78, 5) is 6.54. The maximum Gasteiger partial charge on any atom is 0.108 e. The highest BCUT2D eigenvalue weighted by Crippen LogP contribution is 2.17. The van der Waals surface area contributed by atoms with Crippen LogP contribution in [0.2, 0.25) is 0 Å². The number of rotatable bonds is 3. The second-order valence-corrected chi connectivity index (χ2v) is 4.72. The molecule has 0 atom stereocenters. The molecule has 3 nitrogen and oxygen atoms in total. The van der Waals surface area contributed by atoms with Crippen LogP contribution < -0.4 is 0 Å². The summed E-state index contributed by atoms with van der Waals surface area (Å²) < 4.78 is 2.15. The van der Waals surface area contributed by atoms with Crippen molar-refractivity contribution in [1.82, 2.24) is 9.55 Å². The van der Waals surface area contributed by atoms with Gasteiger partial charge in [0.05, 0.1) is 11.4 Å². The van der Waals surface area contributed by atoms with Crippen molar-refractivity contribution in [2.45, 2.75) is 19.9 Å². The van der Waals surface area contributed by atoms with E-state index in [1.807, 2.05) is 18.5 Å². The number of aryl methyl sites for hydroxylation is 1. The SMILES string of the molecule is CCc1nccn1Cc1ccc(C#CCO)s1. The standard InChI is InChI=1S/C13H14N2OS/c1-2-13-14-7-8-15(13)10-12-6-5-11(17-12)4-3-9-16/h5-8,16H,2,9-10H2,1H3. The average Bonchev–Trinajstić information content (AvgIpc) is 2.96. The highest BCUT2D eigenvalue weighted by Gasteiger charge is 2.03. The van der Waals surface area contributed by atoms with Crippen molar-refractivity contribution in [1.29, 1.82) is 0 Å².